The van der Waals surface area contributed by atoms with Crippen LogP contribution in [0.2, 0.25) is 0 Å². The normalized spacial score (nSPS) is 11.1. The molecule has 28 heavy (non-hydrogen) atoms. The Balaban J connectivity index is 1.68. The molecule has 0 aliphatic heterocycles. The number of nitriles is 1. The first-order valence-electron chi connectivity index (χ1n) is 8.88. The third kappa shape index (κ3) is 2.49. The lowest BCUT2D eigenvalue weighted by molar-refractivity contribution is 0.967. The lowest BCUT2D eigenvalue weighted by Gasteiger charge is -2.07. The van der Waals surface area contributed by atoms with Gasteiger partial charge in [-0.3, -0.25) is 4.79 Å². The highest BCUT2D eigenvalue weighted by Gasteiger charge is 2.13. The highest BCUT2D eigenvalue weighted by Crippen LogP contribution is 2.29. The van der Waals surface area contributed by atoms with Crippen molar-refractivity contribution in [3.63, 3.8) is 0 Å². The number of fused-ring (bicyclic) bond motifs is 2. The molecule has 4 heterocycles. The zero-order chi connectivity index (χ0) is 19.1. The molecule has 0 aliphatic carbocycles. The van der Waals surface area contributed by atoms with E-state index in [0.29, 0.717) is 17.5 Å². The third-order valence-electron chi connectivity index (χ3n) is 5.00. The molecular formula is C22H15N5O. The highest BCUT2D eigenvalue weighted by atomic mass is 16.1. The Morgan fingerprint density at radius 1 is 1.11 bits per heavy atom. The van der Waals surface area contributed by atoms with Crippen LogP contribution in [0.15, 0.2) is 72.0 Å². The fraction of sp³-hybridized carbons (Fsp3) is 0.0455. The number of aromatic nitrogens is 4. The standard InChI is InChI=1S/C22H15N5O/c23-10-15-5-2-1-4-14(15)8-17-11-26-22(28)20-9-16(13-27(17)20)19-12-25-21-18(19)6-3-7-24-21/h1-7,9,11-13H,8H2,(H,24,25)(H,26,28). The van der Waals surface area contributed by atoms with Crippen molar-refractivity contribution in [2.24, 2.45) is 0 Å². The van der Waals surface area contributed by atoms with Gasteiger partial charge in [-0.15, -0.1) is 0 Å². The largest absolute Gasteiger partial charge is 0.346 e. The molecule has 2 N–H and O–H groups in total. The fourth-order valence-corrected chi connectivity index (χ4v) is 3.62. The number of nitrogens with zero attached hydrogens (tertiary/aromatic N) is 3. The van der Waals surface area contributed by atoms with Gasteiger partial charge in [0.05, 0.1) is 11.6 Å². The van der Waals surface area contributed by atoms with E-state index in [1.54, 1.807) is 18.5 Å². The molecule has 134 valence electrons. The Kier molecular flexibility index (Phi) is 3.59. The minimum absolute atomic E-state index is 0.151. The summed E-state index contributed by atoms with van der Waals surface area (Å²) in [5, 5.41) is 10.4. The van der Waals surface area contributed by atoms with Crippen molar-refractivity contribution in [2.75, 3.05) is 0 Å². The first-order chi connectivity index (χ1) is 13.7. The van der Waals surface area contributed by atoms with Crippen LogP contribution in [-0.4, -0.2) is 19.4 Å². The first-order valence-corrected chi connectivity index (χ1v) is 8.88. The van der Waals surface area contributed by atoms with Gasteiger partial charge in [-0.2, -0.15) is 5.26 Å². The number of nitrogens with one attached hydrogen (secondary N) is 2. The van der Waals surface area contributed by atoms with E-state index in [2.05, 4.69) is 21.0 Å². The van der Waals surface area contributed by atoms with Gasteiger partial charge in [0.1, 0.15) is 11.2 Å². The molecule has 0 spiro atoms. The highest BCUT2D eigenvalue weighted by molar-refractivity contribution is 5.94. The SMILES string of the molecule is N#Cc1ccccc1Cc1c[nH]c(=O)c2cc(-c3c[nH]c4ncccc34)cn12. The molecule has 1 aromatic carbocycles. The average molecular weight is 365 g/mol. The van der Waals surface area contributed by atoms with Crippen molar-refractivity contribution >= 4 is 16.6 Å². The van der Waals surface area contributed by atoms with Crippen molar-refractivity contribution in [3.05, 3.63) is 94.4 Å². The summed E-state index contributed by atoms with van der Waals surface area (Å²) in [5.41, 5.74) is 5.62. The van der Waals surface area contributed by atoms with Crippen molar-refractivity contribution in [2.45, 2.75) is 6.42 Å². The quantitative estimate of drug-likeness (QED) is 0.511. The van der Waals surface area contributed by atoms with E-state index in [4.69, 9.17) is 0 Å². The van der Waals surface area contributed by atoms with Gasteiger partial charge in [0, 0.05) is 53.4 Å². The van der Waals surface area contributed by atoms with E-state index in [-0.39, 0.29) is 5.56 Å². The number of hydrogen-bond donors (Lipinski definition) is 2. The van der Waals surface area contributed by atoms with Gasteiger partial charge in [-0.25, -0.2) is 4.98 Å². The zero-order valence-electron chi connectivity index (χ0n) is 14.8. The molecule has 5 rings (SSSR count). The summed E-state index contributed by atoms with van der Waals surface area (Å²) in [4.78, 5) is 22.7. The molecule has 0 unspecified atom stereocenters. The summed E-state index contributed by atoms with van der Waals surface area (Å²) in [6.07, 6.45) is 7.87. The van der Waals surface area contributed by atoms with Gasteiger partial charge in [-0.05, 0) is 29.8 Å². The number of hydrogen-bond acceptors (Lipinski definition) is 3. The van der Waals surface area contributed by atoms with Crippen LogP contribution < -0.4 is 5.56 Å². The van der Waals surface area contributed by atoms with Crippen LogP contribution in [0.1, 0.15) is 16.8 Å². The third-order valence-corrected chi connectivity index (χ3v) is 5.00. The maximum atomic E-state index is 12.4. The van der Waals surface area contributed by atoms with Crippen LogP contribution in [0.4, 0.5) is 0 Å². The van der Waals surface area contributed by atoms with Crippen LogP contribution in [0.25, 0.3) is 27.7 Å². The van der Waals surface area contributed by atoms with E-state index < -0.39 is 0 Å². The topological polar surface area (TPSA) is 89.7 Å². The first kappa shape index (κ1) is 16.1. The second-order valence-corrected chi connectivity index (χ2v) is 6.64. The minimum atomic E-state index is -0.151. The Bertz CT molecular complexity index is 1430. The van der Waals surface area contributed by atoms with Gasteiger partial charge in [0.2, 0.25) is 0 Å². The predicted molar refractivity (Wildman–Crippen MR) is 107 cm³/mol. The maximum Gasteiger partial charge on any atom is 0.272 e. The molecule has 4 aromatic heterocycles. The van der Waals surface area contributed by atoms with Gasteiger partial charge in [0.25, 0.3) is 5.56 Å². The summed E-state index contributed by atoms with van der Waals surface area (Å²) in [6.45, 7) is 0. The fourth-order valence-electron chi connectivity index (χ4n) is 3.62. The molecule has 0 amide bonds. The van der Waals surface area contributed by atoms with E-state index >= 15 is 0 Å². The molecule has 6 heteroatoms. The molecule has 0 saturated heterocycles. The number of benzene rings is 1. The number of pyridine rings is 1. The summed E-state index contributed by atoms with van der Waals surface area (Å²) in [6, 6.07) is 15.5. The lowest BCUT2D eigenvalue weighted by Crippen LogP contribution is -2.11. The number of rotatable bonds is 3. The van der Waals surface area contributed by atoms with Crippen LogP contribution in [0, 0.1) is 11.3 Å². The summed E-state index contributed by atoms with van der Waals surface area (Å²) >= 11 is 0. The number of H-pyrrole nitrogens is 2. The molecule has 0 fully saturated rings. The van der Waals surface area contributed by atoms with Gasteiger partial charge in [0.15, 0.2) is 0 Å². The maximum absolute atomic E-state index is 12.4. The summed E-state index contributed by atoms with van der Waals surface area (Å²) in [5.74, 6) is 0. The Morgan fingerprint density at radius 3 is 2.89 bits per heavy atom. The smallest absolute Gasteiger partial charge is 0.272 e. The van der Waals surface area contributed by atoms with Crippen LogP contribution in [0.5, 0.6) is 0 Å². The second-order valence-electron chi connectivity index (χ2n) is 6.64. The van der Waals surface area contributed by atoms with E-state index in [1.165, 1.54) is 0 Å². The van der Waals surface area contributed by atoms with Crippen LogP contribution >= 0.6 is 0 Å². The van der Waals surface area contributed by atoms with Crippen molar-refractivity contribution in [1.29, 1.82) is 5.26 Å². The minimum Gasteiger partial charge on any atom is -0.346 e. The summed E-state index contributed by atoms with van der Waals surface area (Å²) in [7, 11) is 0. The van der Waals surface area contributed by atoms with Gasteiger partial charge >= 0.3 is 0 Å². The zero-order valence-corrected chi connectivity index (χ0v) is 14.8. The molecule has 0 saturated carbocycles. The Labute approximate surface area is 159 Å². The monoisotopic (exact) mass is 365 g/mol. The van der Waals surface area contributed by atoms with Crippen LogP contribution in [0.3, 0.4) is 0 Å². The second kappa shape index (κ2) is 6.25. The van der Waals surface area contributed by atoms with Gasteiger partial charge in [-0.1, -0.05) is 18.2 Å². The molecule has 0 atom stereocenters. The number of aromatic amines is 2. The molecule has 0 aliphatic rings. The van der Waals surface area contributed by atoms with E-state index in [9.17, 15) is 10.1 Å². The molecule has 5 aromatic rings. The van der Waals surface area contributed by atoms with E-state index in [0.717, 1.165) is 33.4 Å². The van der Waals surface area contributed by atoms with Crippen molar-refractivity contribution in [3.8, 4) is 17.2 Å². The van der Waals surface area contributed by atoms with Crippen molar-refractivity contribution in [1.82, 2.24) is 19.4 Å². The molecular weight excluding hydrogens is 350 g/mol. The lowest BCUT2D eigenvalue weighted by atomic mass is 10.0. The van der Waals surface area contributed by atoms with Gasteiger partial charge < -0.3 is 14.4 Å². The molecule has 0 radical (unpaired) electrons. The molecule has 6 nitrogen and oxygen atoms in total. The van der Waals surface area contributed by atoms with Crippen LogP contribution in [-0.2, 0) is 6.42 Å². The summed E-state index contributed by atoms with van der Waals surface area (Å²) < 4.78 is 1.90. The predicted octanol–water partition coefficient (Wildman–Crippen LogP) is 3.63. The van der Waals surface area contributed by atoms with Crippen molar-refractivity contribution < 1.29 is 0 Å². The van der Waals surface area contributed by atoms with E-state index in [1.807, 2.05) is 53.2 Å². The molecule has 0 bridgehead atoms. The Morgan fingerprint density at radius 2 is 2.00 bits per heavy atom. The average Bonchev–Trinajstić information content (AvgIpc) is 3.35. The Hall–Kier alpha value is -4.11.